The van der Waals surface area contributed by atoms with Crippen LogP contribution in [0.5, 0.6) is 5.75 Å². The number of likely N-dealkylation sites (tertiary alicyclic amines) is 1. The first-order valence-electron chi connectivity index (χ1n) is 8.07. The average Bonchev–Trinajstić information content (AvgIpc) is 2.52. The van der Waals surface area contributed by atoms with Crippen molar-refractivity contribution < 1.29 is 17.9 Å². The quantitative estimate of drug-likeness (QED) is 0.842. The van der Waals surface area contributed by atoms with Crippen LogP contribution in [0.4, 0.5) is 0 Å². The molecular formula is C19H21NO4S. The van der Waals surface area contributed by atoms with Crippen molar-refractivity contribution in [3.63, 3.8) is 0 Å². The van der Waals surface area contributed by atoms with Crippen molar-refractivity contribution in [2.45, 2.75) is 24.0 Å². The van der Waals surface area contributed by atoms with Crippen LogP contribution in [0.1, 0.15) is 21.5 Å². The van der Waals surface area contributed by atoms with Gasteiger partial charge in [0.2, 0.25) is 0 Å². The number of nitrogens with zero attached hydrogens (tertiary/aromatic N) is 1. The summed E-state index contributed by atoms with van der Waals surface area (Å²) >= 11 is 0. The molecule has 1 saturated heterocycles. The molecule has 132 valence electrons. The molecule has 0 saturated carbocycles. The molecule has 0 N–H and O–H groups in total. The second-order valence-corrected chi connectivity index (χ2v) is 8.66. The van der Waals surface area contributed by atoms with Crippen molar-refractivity contribution in [1.82, 2.24) is 4.90 Å². The molecule has 2 aromatic rings. The number of hydrogen-bond donors (Lipinski definition) is 0. The zero-order valence-corrected chi connectivity index (χ0v) is 15.3. The van der Waals surface area contributed by atoms with Crippen LogP contribution in [0, 0.1) is 13.8 Å². The Labute approximate surface area is 148 Å². The highest BCUT2D eigenvalue weighted by atomic mass is 32.2. The minimum atomic E-state index is -3.44. The summed E-state index contributed by atoms with van der Waals surface area (Å²) in [5.41, 5.74) is 2.65. The Morgan fingerprint density at radius 2 is 1.60 bits per heavy atom. The molecule has 1 amide bonds. The van der Waals surface area contributed by atoms with E-state index in [4.69, 9.17) is 4.74 Å². The normalized spacial score (nSPS) is 14.9. The van der Waals surface area contributed by atoms with E-state index >= 15 is 0 Å². The zero-order valence-electron chi connectivity index (χ0n) is 14.5. The van der Waals surface area contributed by atoms with Gasteiger partial charge >= 0.3 is 0 Å². The van der Waals surface area contributed by atoms with Crippen molar-refractivity contribution in [2.24, 2.45) is 0 Å². The molecule has 6 heteroatoms. The van der Waals surface area contributed by atoms with Gasteiger partial charge < -0.3 is 9.64 Å². The van der Waals surface area contributed by atoms with Gasteiger partial charge in [-0.25, -0.2) is 8.42 Å². The van der Waals surface area contributed by atoms with Crippen molar-refractivity contribution in [1.29, 1.82) is 0 Å². The standard InChI is InChI=1S/C19H21NO4S/c1-13-8-14(2)10-15(9-13)19(21)20-11-18(12-20)25(22,23)17-6-4-16(24-3)5-7-17/h4-10,18H,11-12H2,1-3H3. The fourth-order valence-corrected chi connectivity index (χ4v) is 4.69. The molecule has 0 unspecified atom stereocenters. The summed E-state index contributed by atoms with van der Waals surface area (Å²) in [6, 6.07) is 12.0. The Hall–Kier alpha value is -2.34. The molecule has 2 aromatic carbocycles. The van der Waals surface area contributed by atoms with E-state index in [9.17, 15) is 13.2 Å². The number of benzene rings is 2. The highest BCUT2D eigenvalue weighted by Gasteiger charge is 2.40. The van der Waals surface area contributed by atoms with Crippen molar-refractivity contribution in [3.8, 4) is 5.75 Å². The van der Waals surface area contributed by atoms with Crippen LogP contribution in [0.3, 0.4) is 0 Å². The molecule has 1 fully saturated rings. The van der Waals surface area contributed by atoms with Crippen LogP contribution in [-0.2, 0) is 9.84 Å². The molecule has 0 bridgehead atoms. The predicted octanol–water partition coefficient (Wildman–Crippen LogP) is 2.61. The molecule has 0 radical (unpaired) electrons. The lowest BCUT2D eigenvalue weighted by Crippen LogP contribution is -2.56. The van der Waals surface area contributed by atoms with Crippen molar-refractivity contribution in [3.05, 3.63) is 59.2 Å². The second-order valence-electron chi connectivity index (χ2n) is 6.43. The molecule has 0 aromatic heterocycles. The van der Waals surface area contributed by atoms with Crippen LogP contribution in [0.2, 0.25) is 0 Å². The molecule has 0 aliphatic carbocycles. The first kappa shape index (κ1) is 17.5. The summed E-state index contributed by atoms with van der Waals surface area (Å²) in [7, 11) is -1.91. The van der Waals surface area contributed by atoms with Crippen LogP contribution in [-0.4, -0.2) is 44.7 Å². The fourth-order valence-electron chi connectivity index (χ4n) is 3.04. The highest BCUT2D eigenvalue weighted by molar-refractivity contribution is 7.92. The number of sulfone groups is 1. The topological polar surface area (TPSA) is 63.7 Å². The lowest BCUT2D eigenvalue weighted by Gasteiger charge is -2.38. The monoisotopic (exact) mass is 359 g/mol. The number of carbonyl (C=O) groups excluding carboxylic acids is 1. The van der Waals surface area contributed by atoms with E-state index in [1.807, 2.05) is 32.0 Å². The Bertz CT molecular complexity index is 877. The third kappa shape index (κ3) is 3.39. The minimum Gasteiger partial charge on any atom is -0.497 e. The van der Waals surface area contributed by atoms with Gasteiger partial charge in [0.05, 0.1) is 12.0 Å². The van der Waals surface area contributed by atoms with Gasteiger partial charge in [0, 0.05) is 18.7 Å². The minimum absolute atomic E-state index is 0.118. The number of rotatable bonds is 4. The van der Waals surface area contributed by atoms with E-state index in [1.165, 1.54) is 7.11 Å². The number of hydrogen-bond acceptors (Lipinski definition) is 4. The van der Waals surface area contributed by atoms with Crippen molar-refractivity contribution in [2.75, 3.05) is 20.2 Å². The number of carbonyl (C=O) groups is 1. The maximum Gasteiger partial charge on any atom is 0.253 e. The summed E-state index contributed by atoms with van der Waals surface area (Å²) in [6.45, 7) is 4.33. The van der Waals surface area contributed by atoms with Gasteiger partial charge in [-0.1, -0.05) is 17.2 Å². The summed E-state index contributed by atoms with van der Waals surface area (Å²) in [4.78, 5) is 14.4. The molecule has 25 heavy (non-hydrogen) atoms. The molecule has 5 nitrogen and oxygen atoms in total. The second kappa shape index (κ2) is 6.52. The third-order valence-electron chi connectivity index (χ3n) is 4.43. The van der Waals surface area contributed by atoms with E-state index in [2.05, 4.69) is 0 Å². The van der Waals surface area contributed by atoms with Crippen LogP contribution < -0.4 is 4.74 Å². The Morgan fingerprint density at radius 3 is 2.12 bits per heavy atom. The highest BCUT2D eigenvalue weighted by Crippen LogP contribution is 2.26. The van der Waals surface area contributed by atoms with Gasteiger partial charge in [-0.15, -0.1) is 0 Å². The average molecular weight is 359 g/mol. The molecular weight excluding hydrogens is 338 g/mol. The molecule has 1 aliphatic rings. The Kier molecular flexibility index (Phi) is 4.56. The van der Waals surface area contributed by atoms with Gasteiger partial charge in [-0.2, -0.15) is 0 Å². The van der Waals surface area contributed by atoms with Crippen LogP contribution in [0.25, 0.3) is 0 Å². The first-order valence-corrected chi connectivity index (χ1v) is 9.61. The van der Waals surface area contributed by atoms with Crippen LogP contribution in [0.15, 0.2) is 47.4 Å². The third-order valence-corrected chi connectivity index (χ3v) is 6.54. The molecule has 1 aliphatic heterocycles. The largest absolute Gasteiger partial charge is 0.497 e. The lowest BCUT2D eigenvalue weighted by molar-refractivity contribution is 0.0658. The van der Waals surface area contributed by atoms with Crippen LogP contribution >= 0.6 is 0 Å². The Balaban J connectivity index is 1.71. The zero-order chi connectivity index (χ0) is 18.2. The van der Waals surface area contributed by atoms with Gasteiger partial charge in [0.25, 0.3) is 5.91 Å². The van der Waals surface area contributed by atoms with E-state index < -0.39 is 15.1 Å². The van der Waals surface area contributed by atoms with Gasteiger partial charge in [0.15, 0.2) is 9.84 Å². The summed E-state index contributed by atoms with van der Waals surface area (Å²) in [5.74, 6) is 0.493. The Morgan fingerprint density at radius 1 is 1.04 bits per heavy atom. The SMILES string of the molecule is COc1ccc(S(=O)(=O)C2CN(C(=O)c3cc(C)cc(C)c3)C2)cc1. The number of ether oxygens (including phenoxy) is 1. The van der Waals surface area contributed by atoms with Gasteiger partial charge in [0.1, 0.15) is 11.0 Å². The maximum absolute atomic E-state index is 12.6. The smallest absolute Gasteiger partial charge is 0.253 e. The predicted molar refractivity (Wildman–Crippen MR) is 95.8 cm³/mol. The summed E-state index contributed by atoms with van der Waals surface area (Å²) in [5, 5.41) is -0.559. The van der Waals surface area contributed by atoms with E-state index in [1.54, 1.807) is 29.2 Å². The molecule has 0 spiro atoms. The maximum atomic E-state index is 12.6. The van der Waals surface area contributed by atoms with E-state index in [0.717, 1.165) is 11.1 Å². The van der Waals surface area contributed by atoms with E-state index in [0.29, 0.717) is 11.3 Å². The lowest BCUT2D eigenvalue weighted by atomic mass is 10.0. The van der Waals surface area contributed by atoms with Gasteiger partial charge in [-0.3, -0.25) is 4.79 Å². The first-order chi connectivity index (χ1) is 11.8. The number of amides is 1. The van der Waals surface area contributed by atoms with Crippen molar-refractivity contribution >= 4 is 15.7 Å². The number of aryl methyl sites for hydroxylation is 2. The molecule has 1 heterocycles. The fraction of sp³-hybridized carbons (Fsp3) is 0.316. The molecule has 3 rings (SSSR count). The summed E-state index contributed by atoms with van der Waals surface area (Å²) in [6.07, 6.45) is 0. The molecule has 0 atom stereocenters. The van der Waals surface area contributed by atoms with Gasteiger partial charge in [-0.05, 0) is 50.2 Å². The summed E-state index contributed by atoms with van der Waals surface area (Å²) < 4.78 is 30.3. The number of methoxy groups -OCH3 is 1. The van der Waals surface area contributed by atoms with E-state index in [-0.39, 0.29) is 23.9 Å².